The molecule has 0 saturated heterocycles. The summed E-state index contributed by atoms with van der Waals surface area (Å²) in [5.74, 6) is -0.364. The molecule has 0 aromatic rings. The van der Waals surface area contributed by atoms with Gasteiger partial charge in [-0.2, -0.15) is 5.26 Å². The molecular formula is C12H20N2O2. The van der Waals surface area contributed by atoms with E-state index in [1.54, 1.807) is 6.07 Å². The number of amides is 1. The van der Waals surface area contributed by atoms with Crippen molar-refractivity contribution in [2.24, 2.45) is 0 Å². The van der Waals surface area contributed by atoms with Gasteiger partial charge in [0.15, 0.2) is 0 Å². The molecule has 4 heteroatoms. The second-order valence-electron chi connectivity index (χ2n) is 3.46. The van der Waals surface area contributed by atoms with Crippen molar-refractivity contribution in [3.05, 3.63) is 12.2 Å². The fourth-order valence-electron chi connectivity index (χ4n) is 1.19. The number of ether oxygens (including phenoxy) is 1. The summed E-state index contributed by atoms with van der Waals surface area (Å²) in [6.07, 6.45) is 4.16. The largest absolute Gasteiger partial charge is 0.382 e. The lowest BCUT2D eigenvalue weighted by atomic mass is 10.2. The van der Waals surface area contributed by atoms with Crippen LogP contribution in [0, 0.1) is 11.3 Å². The summed E-state index contributed by atoms with van der Waals surface area (Å²) in [6.45, 7) is 7.51. The second kappa shape index (κ2) is 10.2. The van der Waals surface area contributed by atoms with Crippen molar-refractivity contribution in [2.75, 3.05) is 19.8 Å². The summed E-state index contributed by atoms with van der Waals surface area (Å²) in [5.41, 5.74) is -0.0312. The molecule has 0 aliphatic heterocycles. The fourth-order valence-corrected chi connectivity index (χ4v) is 1.19. The quantitative estimate of drug-likeness (QED) is 0.369. The topological polar surface area (TPSA) is 62.1 Å². The summed E-state index contributed by atoms with van der Waals surface area (Å²) in [5, 5.41) is 11.0. The highest BCUT2D eigenvalue weighted by atomic mass is 16.5. The molecule has 0 spiro atoms. The van der Waals surface area contributed by atoms with Crippen LogP contribution in [0.4, 0.5) is 0 Å². The Balaban J connectivity index is 3.25. The van der Waals surface area contributed by atoms with Crippen molar-refractivity contribution in [2.45, 2.75) is 32.6 Å². The lowest BCUT2D eigenvalue weighted by molar-refractivity contribution is -0.117. The van der Waals surface area contributed by atoms with Crippen LogP contribution < -0.4 is 5.32 Å². The maximum Gasteiger partial charge on any atom is 0.261 e. The second-order valence-corrected chi connectivity index (χ2v) is 3.46. The maximum atomic E-state index is 11.1. The van der Waals surface area contributed by atoms with Crippen LogP contribution in [0.2, 0.25) is 0 Å². The zero-order valence-corrected chi connectivity index (χ0v) is 9.92. The van der Waals surface area contributed by atoms with E-state index in [0.29, 0.717) is 6.54 Å². The molecule has 0 aromatic heterocycles. The minimum atomic E-state index is -0.364. The van der Waals surface area contributed by atoms with Crippen LogP contribution in [0.5, 0.6) is 0 Å². The monoisotopic (exact) mass is 224 g/mol. The van der Waals surface area contributed by atoms with Gasteiger partial charge in [-0.15, -0.1) is 0 Å². The number of rotatable bonds is 9. The number of carbonyl (C=O) groups excluding carboxylic acids is 1. The molecule has 16 heavy (non-hydrogen) atoms. The first kappa shape index (κ1) is 14.7. The number of nitrogens with one attached hydrogen (secondary N) is 1. The van der Waals surface area contributed by atoms with Gasteiger partial charge in [0.2, 0.25) is 0 Å². The van der Waals surface area contributed by atoms with Crippen molar-refractivity contribution >= 4 is 5.91 Å². The predicted octanol–water partition coefficient (Wildman–Crippen LogP) is 1.78. The zero-order valence-electron chi connectivity index (χ0n) is 9.92. The van der Waals surface area contributed by atoms with Gasteiger partial charge in [-0.05, 0) is 19.8 Å². The number of nitrogens with zero attached hydrogens (tertiary/aromatic N) is 1. The van der Waals surface area contributed by atoms with E-state index in [9.17, 15) is 4.79 Å². The normalized spacial score (nSPS) is 9.50. The predicted molar refractivity (Wildman–Crippen MR) is 62.7 cm³/mol. The molecule has 4 nitrogen and oxygen atoms in total. The van der Waals surface area contributed by atoms with Crippen LogP contribution in [-0.2, 0) is 9.53 Å². The maximum absolute atomic E-state index is 11.1. The van der Waals surface area contributed by atoms with Gasteiger partial charge in [-0.25, -0.2) is 0 Å². The van der Waals surface area contributed by atoms with Gasteiger partial charge in [0.1, 0.15) is 11.6 Å². The van der Waals surface area contributed by atoms with E-state index in [1.165, 1.54) is 0 Å². The van der Waals surface area contributed by atoms with E-state index in [0.717, 1.165) is 38.9 Å². The summed E-state index contributed by atoms with van der Waals surface area (Å²) in [6, 6.07) is 1.72. The number of unbranched alkanes of at least 4 members (excludes halogenated alkanes) is 3. The van der Waals surface area contributed by atoms with Gasteiger partial charge < -0.3 is 10.1 Å². The summed E-state index contributed by atoms with van der Waals surface area (Å²) >= 11 is 0. The minimum absolute atomic E-state index is 0.0312. The van der Waals surface area contributed by atoms with Gasteiger partial charge in [0.05, 0.1) is 0 Å². The van der Waals surface area contributed by atoms with E-state index in [2.05, 4.69) is 11.9 Å². The van der Waals surface area contributed by atoms with Gasteiger partial charge in [0, 0.05) is 19.8 Å². The van der Waals surface area contributed by atoms with Crippen LogP contribution >= 0.6 is 0 Å². The average Bonchev–Trinajstić information content (AvgIpc) is 2.31. The molecule has 0 rings (SSSR count). The molecule has 90 valence electrons. The molecule has 1 N–H and O–H groups in total. The molecule has 0 fully saturated rings. The van der Waals surface area contributed by atoms with Crippen LogP contribution in [-0.4, -0.2) is 25.7 Å². The Morgan fingerprint density at radius 2 is 2.06 bits per heavy atom. The van der Waals surface area contributed by atoms with Gasteiger partial charge in [-0.3, -0.25) is 4.79 Å². The van der Waals surface area contributed by atoms with Crippen molar-refractivity contribution in [3.8, 4) is 6.07 Å². The molecular weight excluding hydrogens is 204 g/mol. The average molecular weight is 224 g/mol. The van der Waals surface area contributed by atoms with E-state index in [1.807, 2.05) is 6.92 Å². The third-order valence-corrected chi connectivity index (χ3v) is 2.11. The summed E-state index contributed by atoms with van der Waals surface area (Å²) < 4.78 is 5.21. The van der Waals surface area contributed by atoms with Crippen molar-refractivity contribution in [1.29, 1.82) is 5.26 Å². The first-order valence-corrected chi connectivity index (χ1v) is 5.67. The highest BCUT2D eigenvalue weighted by Crippen LogP contribution is 1.99. The smallest absolute Gasteiger partial charge is 0.261 e. The Morgan fingerprint density at radius 1 is 1.38 bits per heavy atom. The molecule has 0 saturated carbocycles. The van der Waals surface area contributed by atoms with Crippen LogP contribution in [0.3, 0.4) is 0 Å². The van der Waals surface area contributed by atoms with Gasteiger partial charge >= 0.3 is 0 Å². The minimum Gasteiger partial charge on any atom is -0.382 e. The van der Waals surface area contributed by atoms with E-state index in [4.69, 9.17) is 10.00 Å². The number of carbonyl (C=O) groups is 1. The summed E-state index contributed by atoms with van der Waals surface area (Å²) in [7, 11) is 0. The lowest BCUT2D eigenvalue weighted by Crippen LogP contribution is -2.25. The van der Waals surface area contributed by atoms with Gasteiger partial charge in [0.25, 0.3) is 5.91 Å². The SMILES string of the molecule is C=C(C#N)C(=O)NCCCCCCOCC. The van der Waals surface area contributed by atoms with Crippen LogP contribution in [0.15, 0.2) is 12.2 Å². The van der Waals surface area contributed by atoms with Gasteiger partial charge in [-0.1, -0.05) is 19.4 Å². The third kappa shape index (κ3) is 8.01. The molecule has 1 amide bonds. The van der Waals surface area contributed by atoms with Crippen LogP contribution in [0.1, 0.15) is 32.6 Å². The highest BCUT2D eigenvalue weighted by molar-refractivity contribution is 5.96. The first-order valence-electron chi connectivity index (χ1n) is 5.67. The zero-order chi connectivity index (χ0) is 12.2. The Hall–Kier alpha value is -1.34. The molecule has 0 atom stereocenters. The van der Waals surface area contributed by atoms with Crippen molar-refractivity contribution in [1.82, 2.24) is 5.32 Å². The van der Waals surface area contributed by atoms with E-state index >= 15 is 0 Å². The fraction of sp³-hybridized carbons (Fsp3) is 0.667. The lowest BCUT2D eigenvalue weighted by Gasteiger charge is -2.03. The molecule has 0 bridgehead atoms. The standard InChI is InChI=1S/C12H20N2O2/c1-3-16-9-7-5-4-6-8-14-12(15)11(2)10-13/h2-9H2,1H3,(H,14,15). The highest BCUT2D eigenvalue weighted by Gasteiger charge is 2.03. The first-order chi connectivity index (χ1) is 7.72. The van der Waals surface area contributed by atoms with E-state index < -0.39 is 0 Å². The summed E-state index contributed by atoms with van der Waals surface area (Å²) in [4.78, 5) is 11.1. The third-order valence-electron chi connectivity index (χ3n) is 2.11. The Labute approximate surface area is 97.3 Å². The molecule has 0 unspecified atom stereocenters. The number of nitriles is 1. The van der Waals surface area contributed by atoms with E-state index in [-0.39, 0.29) is 11.5 Å². The molecule has 0 aliphatic carbocycles. The number of hydrogen-bond donors (Lipinski definition) is 1. The van der Waals surface area contributed by atoms with Crippen LogP contribution in [0.25, 0.3) is 0 Å². The molecule has 0 heterocycles. The Kier molecular flexibility index (Phi) is 9.33. The number of hydrogen-bond acceptors (Lipinski definition) is 3. The Morgan fingerprint density at radius 3 is 2.69 bits per heavy atom. The van der Waals surface area contributed by atoms with Crippen molar-refractivity contribution in [3.63, 3.8) is 0 Å². The molecule has 0 aliphatic rings. The molecule has 0 aromatic carbocycles. The van der Waals surface area contributed by atoms with Crippen molar-refractivity contribution < 1.29 is 9.53 Å². The Bertz CT molecular complexity index is 256. The molecule has 0 radical (unpaired) electrons.